The van der Waals surface area contributed by atoms with Crippen LogP contribution in [-0.2, 0) is 9.59 Å². The molecular weight excluding hydrogens is 206 g/mol. The smallest absolute Gasteiger partial charge is 0.329 e. The molecule has 0 heterocycles. The number of hydrogen-bond acceptors (Lipinski definition) is 2. The number of rotatable bonds is 4. The Labute approximate surface area is 95.6 Å². The third-order valence-electron chi connectivity index (χ3n) is 3.93. The van der Waals surface area contributed by atoms with E-state index in [1.165, 1.54) is 0 Å². The van der Waals surface area contributed by atoms with E-state index in [0.717, 1.165) is 25.7 Å². The average molecular weight is 225 g/mol. The molecule has 0 spiro atoms. The second kappa shape index (κ2) is 3.47. The first-order valence-corrected chi connectivity index (χ1v) is 5.88. The Bertz CT molecular complexity index is 322. The summed E-state index contributed by atoms with van der Waals surface area (Å²) in [5.74, 6) is -0.836. The van der Waals surface area contributed by atoms with Crippen molar-refractivity contribution in [3.05, 3.63) is 0 Å². The van der Waals surface area contributed by atoms with Crippen molar-refractivity contribution in [3.63, 3.8) is 0 Å². The van der Waals surface area contributed by atoms with E-state index in [9.17, 15) is 14.7 Å². The molecule has 2 saturated carbocycles. The molecule has 0 aromatic heterocycles. The molecule has 2 aliphatic rings. The van der Waals surface area contributed by atoms with Gasteiger partial charge in [0.05, 0.1) is 0 Å². The lowest BCUT2D eigenvalue weighted by Gasteiger charge is -2.36. The Balaban J connectivity index is 2.28. The number of hydrogen-bond donors (Lipinski definition) is 1. The molecule has 90 valence electrons. The summed E-state index contributed by atoms with van der Waals surface area (Å²) in [6, 6.07) is 0.169. The number of carbonyl (C=O) groups excluding carboxylic acids is 1. The summed E-state index contributed by atoms with van der Waals surface area (Å²) < 4.78 is 0. The maximum Gasteiger partial charge on any atom is 0.329 e. The van der Waals surface area contributed by atoms with Crippen LogP contribution in [0, 0.1) is 5.41 Å². The maximum absolute atomic E-state index is 11.5. The van der Waals surface area contributed by atoms with Crippen LogP contribution in [0.15, 0.2) is 0 Å². The van der Waals surface area contributed by atoms with Gasteiger partial charge in [-0.25, -0.2) is 4.79 Å². The van der Waals surface area contributed by atoms with Crippen molar-refractivity contribution in [2.75, 3.05) is 0 Å². The highest BCUT2D eigenvalue weighted by Gasteiger charge is 2.55. The number of carbonyl (C=O) groups is 2. The molecule has 1 amide bonds. The minimum Gasteiger partial charge on any atom is -0.479 e. The van der Waals surface area contributed by atoms with Crippen LogP contribution in [0.3, 0.4) is 0 Å². The second-order valence-electron chi connectivity index (χ2n) is 5.92. The highest BCUT2D eigenvalue weighted by atomic mass is 16.4. The summed E-state index contributed by atoms with van der Waals surface area (Å²) in [5, 5.41) is 9.47. The van der Waals surface area contributed by atoms with Gasteiger partial charge in [0.25, 0.3) is 0 Å². The first kappa shape index (κ1) is 11.4. The van der Waals surface area contributed by atoms with Gasteiger partial charge >= 0.3 is 5.97 Å². The van der Waals surface area contributed by atoms with Gasteiger partial charge in [-0.3, -0.25) is 4.79 Å². The molecule has 16 heavy (non-hydrogen) atoms. The predicted octanol–water partition coefficient (Wildman–Crippen LogP) is 1.64. The summed E-state index contributed by atoms with van der Waals surface area (Å²) in [6.45, 7) is 4.15. The van der Waals surface area contributed by atoms with Crippen molar-refractivity contribution in [3.8, 4) is 0 Å². The van der Waals surface area contributed by atoms with Gasteiger partial charge in [0.2, 0.25) is 6.41 Å². The van der Waals surface area contributed by atoms with E-state index in [2.05, 4.69) is 13.8 Å². The minimum atomic E-state index is -0.938. The molecule has 4 nitrogen and oxygen atoms in total. The molecule has 2 aliphatic carbocycles. The third kappa shape index (κ3) is 1.70. The second-order valence-corrected chi connectivity index (χ2v) is 5.92. The van der Waals surface area contributed by atoms with Crippen LogP contribution in [0.2, 0.25) is 0 Å². The molecule has 0 saturated heterocycles. The fourth-order valence-corrected chi connectivity index (χ4v) is 2.92. The number of carboxylic acids is 1. The van der Waals surface area contributed by atoms with Crippen molar-refractivity contribution in [2.45, 2.75) is 57.5 Å². The van der Waals surface area contributed by atoms with Gasteiger partial charge in [0.1, 0.15) is 5.54 Å². The van der Waals surface area contributed by atoms with Crippen molar-refractivity contribution >= 4 is 12.4 Å². The van der Waals surface area contributed by atoms with Crippen molar-refractivity contribution in [2.24, 2.45) is 5.41 Å². The largest absolute Gasteiger partial charge is 0.479 e. The van der Waals surface area contributed by atoms with E-state index in [1.54, 1.807) is 4.90 Å². The summed E-state index contributed by atoms with van der Waals surface area (Å²) in [5.41, 5.74) is -0.916. The van der Waals surface area contributed by atoms with Crippen molar-refractivity contribution in [1.82, 2.24) is 4.90 Å². The Morgan fingerprint density at radius 1 is 1.38 bits per heavy atom. The molecule has 0 aromatic rings. The van der Waals surface area contributed by atoms with Gasteiger partial charge in [0.15, 0.2) is 0 Å². The molecule has 1 atom stereocenters. The van der Waals surface area contributed by atoms with Crippen LogP contribution in [0.5, 0.6) is 0 Å². The molecule has 0 aliphatic heterocycles. The normalized spacial score (nSPS) is 32.4. The quantitative estimate of drug-likeness (QED) is 0.740. The fourth-order valence-electron chi connectivity index (χ4n) is 2.92. The van der Waals surface area contributed by atoms with E-state index in [-0.39, 0.29) is 11.5 Å². The summed E-state index contributed by atoms with van der Waals surface area (Å²) >= 11 is 0. The van der Waals surface area contributed by atoms with Crippen LogP contribution in [0.1, 0.15) is 46.0 Å². The van der Waals surface area contributed by atoms with Gasteiger partial charge in [-0.2, -0.15) is 0 Å². The van der Waals surface area contributed by atoms with E-state index in [1.807, 2.05) is 0 Å². The Kier molecular flexibility index (Phi) is 2.48. The molecule has 0 bridgehead atoms. The van der Waals surface area contributed by atoms with E-state index < -0.39 is 11.5 Å². The third-order valence-corrected chi connectivity index (χ3v) is 3.93. The topological polar surface area (TPSA) is 57.6 Å². The SMILES string of the molecule is CC1(C)CCC(C(=O)O)(N(C=O)C2CC2)C1. The number of aliphatic carboxylic acids is 1. The Morgan fingerprint density at radius 2 is 2.00 bits per heavy atom. The zero-order valence-corrected chi connectivity index (χ0v) is 9.90. The first-order chi connectivity index (χ1) is 7.41. The lowest BCUT2D eigenvalue weighted by Crippen LogP contribution is -2.53. The number of carboxylic acid groups (broad SMARTS) is 1. The van der Waals surface area contributed by atoms with Crippen molar-refractivity contribution < 1.29 is 14.7 Å². The van der Waals surface area contributed by atoms with Gasteiger partial charge < -0.3 is 10.0 Å². The maximum atomic E-state index is 11.5. The zero-order chi connectivity index (χ0) is 12.0. The predicted molar refractivity (Wildman–Crippen MR) is 58.9 cm³/mol. The van der Waals surface area contributed by atoms with Crippen molar-refractivity contribution in [1.29, 1.82) is 0 Å². The molecule has 1 N–H and O–H groups in total. The highest BCUT2D eigenvalue weighted by Crippen LogP contribution is 2.49. The highest BCUT2D eigenvalue weighted by molar-refractivity contribution is 5.82. The lowest BCUT2D eigenvalue weighted by molar-refractivity contribution is -0.156. The average Bonchev–Trinajstić information content (AvgIpc) is 2.93. The molecule has 0 aromatic carbocycles. The van der Waals surface area contributed by atoms with E-state index in [4.69, 9.17) is 0 Å². The van der Waals surface area contributed by atoms with E-state index >= 15 is 0 Å². The summed E-state index contributed by atoms with van der Waals surface area (Å²) in [6.07, 6.45) is 4.68. The fraction of sp³-hybridized carbons (Fsp3) is 0.833. The van der Waals surface area contributed by atoms with Gasteiger partial charge in [-0.1, -0.05) is 13.8 Å². The molecule has 2 rings (SSSR count). The van der Waals surface area contributed by atoms with Crippen LogP contribution >= 0.6 is 0 Å². The summed E-state index contributed by atoms with van der Waals surface area (Å²) in [7, 11) is 0. The van der Waals surface area contributed by atoms with Crippen LogP contribution in [-0.4, -0.2) is 34.0 Å². The van der Waals surface area contributed by atoms with Gasteiger partial charge in [-0.05, 0) is 37.5 Å². The zero-order valence-electron chi connectivity index (χ0n) is 9.90. The Morgan fingerprint density at radius 3 is 2.31 bits per heavy atom. The lowest BCUT2D eigenvalue weighted by atomic mass is 9.86. The minimum absolute atomic E-state index is 0.0224. The monoisotopic (exact) mass is 225 g/mol. The first-order valence-electron chi connectivity index (χ1n) is 5.88. The standard InChI is InChI=1S/C12H19NO3/c1-11(2)5-6-12(7-11,10(15)16)13(8-14)9-3-4-9/h8-9H,3-7H2,1-2H3,(H,15,16). The van der Waals surface area contributed by atoms with Crippen LogP contribution in [0.4, 0.5) is 0 Å². The van der Waals surface area contributed by atoms with Crippen LogP contribution in [0.25, 0.3) is 0 Å². The van der Waals surface area contributed by atoms with Crippen LogP contribution < -0.4 is 0 Å². The van der Waals surface area contributed by atoms with E-state index in [0.29, 0.717) is 12.8 Å². The molecule has 2 fully saturated rings. The van der Waals surface area contributed by atoms with Gasteiger partial charge in [-0.15, -0.1) is 0 Å². The molecular formula is C12H19NO3. The van der Waals surface area contributed by atoms with Gasteiger partial charge in [0, 0.05) is 6.04 Å². The summed E-state index contributed by atoms with van der Waals surface area (Å²) in [4.78, 5) is 24.3. The Hall–Kier alpha value is -1.06. The molecule has 1 unspecified atom stereocenters. The number of amides is 1. The number of nitrogens with zero attached hydrogens (tertiary/aromatic N) is 1. The molecule has 4 heteroatoms. The molecule has 0 radical (unpaired) electrons.